The summed E-state index contributed by atoms with van der Waals surface area (Å²) in [7, 11) is 0. The summed E-state index contributed by atoms with van der Waals surface area (Å²) in [4.78, 5) is 15.8. The van der Waals surface area contributed by atoms with Gasteiger partial charge in [-0.1, -0.05) is 0 Å². The molecule has 2 rings (SSSR count). The first-order valence-corrected chi connectivity index (χ1v) is 8.29. The van der Waals surface area contributed by atoms with E-state index >= 15 is 0 Å². The van der Waals surface area contributed by atoms with Crippen LogP contribution in [0.5, 0.6) is 0 Å². The molecule has 1 N–H and O–H groups in total. The predicted molar refractivity (Wildman–Crippen MR) is 81.5 cm³/mol. The quantitative estimate of drug-likeness (QED) is 0.883. The normalized spacial score (nSPS) is 22.8. The van der Waals surface area contributed by atoms with Gasteiger partial charge in [0.15, 0.2) is 10.4 Å². The molecule has 0 aliphatic carbocycles. The molecule has 20 heavy (non-hydrogen) atoms. The number of amides is 1. The van der Waals surface area contributed by atoms with Crippen LogP contribution in [-0.2, 0) is 11.3 Å². The second kappa shape index (κ2) is 7.27. The van der Waals surface area contributed by atoms with Crippen molar-refractivity contribution in [2.75, 3.05) is 26.2 Å². The van der Waals surface area contributed by atoms with Crippen molar-refractivity contribution in [1.82, 2.24) is 4.90 Å². The van der Waals surface area contributed by atoms with Crippen LogP contribution in [0, 0.1) is 5.92 Å². The number of piperidine rings is 1. The Kier molecular flexibility index (Phi) is 5.66. The largest absolute Gasteiger partial charge is 0.448 e. The van der Waals surface area contributed by atoms with Crippen LogP contribution in [-0.4, -0.2) is 37.0 Å². The van der Waals surface area contributed by atoms with Gasteiger partial charge in [0.05, 0.1) is 19.0 Å². The molecule has 1 amide bonds. The molecule has 0 bridgehead atoms. The van der Waals surface area contributed by atoms with Crippen molar-refractivity contribution in [1.29, 1.82) is 0 Å². The summed E-state index contributed by atoms with van der Waals surface area (Å²) < 4.78 is 6.35. The number of halogens is 1. The van der Waals surface area contributed by atoms with Crippen LogP contribution in [0.4, 0.5) is 0 Å². The third-order valence-electron chi connectivity index (χ3n) is 4.10. The molecular weight excluding hydrogens is 320 g/mol. The summed E-state index contributed by atoms with van der Waals surface area (Å²) in [6, 6.07) is 3.93. The van der Waals surface area contributed by atoms with Crippen LogP contribution >= 0.6 is 15.9 Å². The summed E-state index contributed by atoms with van der Waals surface area (Å²) in [6.45, 7) is 8.64. The minimum atomic E-state index is 0.178. The van der Waals surface area contributed by atoms with Gasteiger partial charge in [-0.3, -0.25) is 4.79 Å². The summed E-state index contributed by atoms with van der Waals surface area (Å²) in [5.41, 5.74) is 0. The fraction of sp³-hybridized carbons (Fsp3) is 0.667. The average Bonchev–Trinajstić information content (AvgIpc) is 2.85. The standard InChI is InChI=1S/C15H23BrN2O2/c1-3-18(4-2)15(19)12-6-5-9-17(10-12)11-13-7-8-14(16)20-13/h7-8,12H,3-6,9-11H2,1-2H3/p+1. The Morgan fingerprint density at radius 2 is 2.20 bits per heavy atom. The number of likely N-dealkylation sites (tertiary alicyclic amines) is 1. The Bertz CT molecular complexity index is 443. The van der Waals surface area contributed by atoms with E-state index in [0.29, 0.717) is 5.91 Å². The molecule has 1 aromatic heterocycles. The highest BCUT2D eigenvalue weighted by Crippen LogP contribution is 2.15. The number of carbonyl (C=O) groups is 1. The molecule has 1 aliphatic rings. The van der Waals surface area contributed by atoms with Gasteiger partial charge < -0.3 is 14.2 Å². The van der Waals surface area contributed by atoms with Gasteiger partial charge in [0.25, 0.3) is 0 Å². The van der Waals surface area contributed by atoms with Crippen molar-refractivity contribution in [3.63, 3.8) is 0 Å². The van der Waals surface area contributed by atoms with E-state index in [2.05, 4.69) is 29.8 Å². The highest BCUT2D eigenvalue weighted by molar-refractivity contribution is 9.10. The average molecular weight is 344 g/mol. The second-order valence-corrected chi connectivity index (χ2v) is 6.22. The molecule has 0 aromatic carbocycles. The molecule has 1 saturated heterocycles. The van der Waals surface area contributed by atoms with Gasteiger partial charge in [0.1, 0.15) is 6.54 Å². The lowest BCUT2D eigenvalue weighted by Crippen LogP contribution is -3.12. The van der Waals surface area contributed by atoms with E-state index in [1.54, 1.807) is 0 Å². The molecule has 0 radical (unpaired) electrons. The van der Waals surface area contributed by atoms with Crippen molar-refractivity contribution in [3.8, 4) is 0 Å². The van der Waals surface area contributed by atoms with E-state index in [0.717, 1.165) is 56.0 Å². The van der Waals surface area contributed by atoms with E-state index in [9.17, 15) is 4.79 Å². The summed E-state index contributed by atoms with van der Waals surface area (Å²) in [6.07, 6.45) is 2.15. The number of nitrogens with zero attached hydrogens (tertiary/aromatic N) is 1. The Morgan fingerprint density at radius 1 is 1.45 bits per heavy atom. The SMILES string of the molecule is CCN(CC)C(=O)C1CCC[NH+](Cc2ccc(Br)o2)C1. The lowest BCUT2D eigenvalue weighted by molar-refractivity contribution is -0.922. The summed E-state index contributed by atoms with van der Waals surface area (Å²) in [5, 5.41) is 0. The maximum Gasteiger partial charge on any atom is 0.231 e. The number of quaternary nitrogens is 1. The van der Waals surface area contributed by atoms with Gasteiger partial charge in [-0.15, -0.1) is 0 Å². The Labute approximate surface area is 129 Å². The molecule has 0 saturated carbocycles. The zero-order valence-electron chi connectivity index (χ0n) is 12.3. The number of hydrogen-bond acceptors (Lipinski definition) is 2. The van der Waals surface area contributed by atoms with Gasteiger partial charge in [-0.05, 0) is 54.8 Å². The molecule has 4 nitrogen and oxygen atoms in total. The van der Waals surface area contributed by atoms with Crippen LogP contribution in [0.3, 0.4) is 0 Å². The lowest BCUT2D eigenvalue weighted by atomic mass is 9.96. The minimum absolute atomic E-state index is 0.178. The predicted octanol–water partition coefficient (Wildman–Crippen LogP) is 1.71. The van der Waals surface area contributed by atoms with Crippen molar-refractivity contribution in [3.05, 3.63) is 22.6 Å². The lowest BCUT2D eigenvalue weighted by Gasteiger charge is -2.31. The monoisotopic (exact) mass is 343 g/mol. The van der Waals surface area contributed by atoms with Crippen molar-refractivity contribution in [2.24, 2.45) is 5.92 Å². The first kappa shape index (κ1) is 15.6. The van der Waals surface area contributed by atoms with Crippen LogP contribution in [0.2, 0.25) is 0 Å². The highest BCUT2D eigenvalue weighted by atomic mass is 79.9. The molecule has 0 spiro atoms. The van der Waals surface area contributed by atoms with Gasteiger partial charge in [-0.25, -0.2) is 0 Å². The van der Waals surface area contributed by atoms with E-state index in [-0.39, 0.29) is 5.92 Å². The van der Waals surface area contributed by atoms with Crippen molar-refractivity contribution >= 4 is 21.8 Å². The number of nitrogens with one attached hydrogen (secondary N) is 1. The fourth-order valence-corrected chi connectivity index (χ4v) is 3.35. The van der Waals surface area contributed by atoms with Crippen LogP contribution in [0.1, 0.15) is 32.4 Å². The molecule has 1 aliphatic heterocycles. The van der Waals surface area contributed by atoms with Crippen LogP contribution < -0.4 is 4.90 Å². The van der Waals surface area contributed by atoms with Gasteiger partial charge in [0, 0.05) is 13.1 Å². The zero-order valence-corrected chi connectivity index (χ0v) is 13.9. The highest BCUT2D eigenvalue weighted by Gasteiger charge is 2.31. The maximum atomic E-state index is 12.4. The molecule has 1 fully saturated rings. The zero-order chi connectivity index (χ0) is 14.5. The molecular formula is C15H24BrN2O2+. The third kappa shape index (κ3) is 3.85. The van der Waals surface area contributed by atoms with Crippen molar-refractivity contribution in [2.45, 2.75) is 33.2 Å². The third-order valence-corrected chi connectivity index (χ3v) is 4.52. The fourth-order valence-electron chi connectivity index (χ4n) is 3.01. The topological polar surface area (TPSA) is 37.9 Å². The Balaban J connectivity index is 1.92. The van der Waals surface area contributed by atoms with Crippen molar-refractivity contribution < 1.29 is 14.1 Å². The second-order valence-electron chi connectivity index (χ2n) is 5.44. The molecule has 1 aromatic rings. The Morgan fingerprint density at radius 3 is 2.80 bits per heavy atom. The Hall–Kier alpha value is -0.810. The maximum absolute atomic E-state index is 12.4. The van der Waals surface area contributed by atoms with Gasteiger partial charge in [-0.2, -0.15) is 0 Å². The molecule has 112 valence electrons. The first-order chi connectivity index (χ1) is 9.63. The van der Waals surface area contributed by atoms with E-state index in [1.807, 2.05) is 17.0 Å². The molecule has 2 unspecified atom stereocenters. The first-order valence-electron chi connectivity index (χ1n) is 7.50. The smallest absolute Gasteiger partial charge is 0.231 e. The minimum Gasteiger partial charge on any atom is -0.448 e. The molecule has 2 heterocycles. The molecule has 5 heteroatoms. The number of hydrogen-bond donors (Lipinski definition) is 1. The number of furan rings is 1. The van der Waals surface area contributed by atoms with E-state index in [1.165, 1.54) is 4.90 Å². The van der Waals surface area contributed by atoms with Crippen LogP contribution in [0.15, 0.2) is 21.2 Å². The molecule has 2 atom stereocenters. The van der Waals surface area contributed by atoms with Gasteiger partial charge in [0.2, 0.25) is 5.91 Å². The number of rotatable bonds is 5. The van der Waals surface area contributed by atoms with Gasteiger partial charge >= 0.3 is 0 Å². The number of carbonyl (C=O) groups excluding carboxylic acids is 1. The summed E-state index contributed by atoms with van der Waals surface area (Å²) in [5.74, 6) is 1.49. The van der Waals surface area contributed by atoms with Crippen LogP contribution in [0.25, 0.3) is 0 Å². The van der Waals surface area contributed by atoms with E-state index < -0.39 is 0 Å². The van der Waals surface area contributed by atoms with E-state index in [4.69, 9.17) is 4.42 Å². The summed E-state index contributed by atoms with van der Waals surface area (Å²) >= 11 is 3.33.